The summed E-state index contributed by atoms with van der Waals surface area (Å²) in [5.74, 6) is 1.91. The number of phenols is 1. The summed E-state index contributed by atoms with van der Waals surface area (Å²) in [6, 6.07) is 15.1. The van der Waals surface area contributed by atoms with Crippen molar-refractivity contribution in [2.24, 2.45) is 0 Å². The van der Waals surface area contributed by atoms with Crippen LogP contribution in [-0.4, -0.2) is 57.5 Å². The van der Waals surface area contributed by atoms with E-state index >= 15 is 4.39 Å². The number of benzene rings is 3. The van der Waals surface area contributed by atoms with E-state index < -0.39 is 0 Å². The zero-order valence-corrected chi connectivity index (χ0v) is 24.5. The molecular formula is C33H43FN2O4. The van der Waals surface area contributed by atoms with Gasteiger partial charge in [0.2, 0.25) is 0 Å². The van der Waals surface area contributed by atoms with Gasteiger partial charge in [-0.25, -0.2) is 4.39 Å². The van der Waals surface area contributed by atoms with Crippen molar-refractivity contribution >= 4 is 5.69 Å². The second kappa shape index (κ2) is 13.8. The maximum absolute atomic E-state index is 15.0. The first-order valence-corrected chi connectivity index (χ1v) is 14.3. The molecule has 1 atom stereocenters. The fourth-order valence-electron chi connectivity index (χ4n) is 5.64. The second-order valence-corrected chi connectivity index (χ2v) is 10.6. The predicted molar refractivity (Wildman–Crippen MR) is 159 cm³/mol. The predicted octanol–water partition coefficient (Wildman–Crippen LogP) is 6.57. The van der Waals surface area contributed by atoms with Crippen molar-refractivity contribution in [3.8, 4) is 23.0 Å². The van der Waals surface area contributed by atoms with E-state index in [4.69, 9.17) is 14.2 Å². The summed E-state index contributed by atoms with van der Waals surface area (Å²) in [5.41, 5.74) is 5.60. The smallest absolute Gasteiger partial charge is 0.165 e. The molecule has 0 fully saturated rings. The first kappa shape index (κ1) is 29.5. The molecule has 0 aromatic heterocycles. The molecule has 1 N–H and O–H groups in total. The minimum absolute atomic E-state index is 0.277. The van der Waals surface area contributed by atoms with Crippen LogP contribution < -0.4 is 19.1 Å². The average molecular weight is 551 g/mol. The Balaban J connectivity index is 1.58. The van der Waals surface area contributed by atoms with Gasteiger partial charge in [-0.3, -0.25) is 0 Å². The standard InChI is InChI=1S/C33H43FN2O4/c1-6-14-35(3)15-16-40-31-13-8-23(17-29(31)34)22-36(7-2)30-21-33(39-5)32(38-4)20-28(30)26-10-9-25-19-27(37)12-11-24(25)18-26/h8,11-13,17,19-21,26,37H,6-7,9-10,14-16,18,22H2,1-5H3. The number of halogens is 1. The third-order valence-electron chi connectivity index (χ3n) is 7.82. The van der Waals surface area contributed by atoms with Gasteiger partial charge in [0.25, 0.3) is 0 Å². The quantitative estimate of drug-likeness (QED) is 0.260. The Labute approximate surface area is 238 Å². The molecule has 40 heavy (non-hydrogen) atoms. The molecule has 1 aliphatic carbocycles. The molecule has 3 aromatic rings. The van der Waals surface area contributed by atoms with Gasteiger partial charge in [-0.1, -0.05) is 19.1 Å². The molecule has 1 unspecified atom stereocenters. The molecule has 6 nitrogen and oxygen atoms in total. The van der Waals surface area contributed by atoms with Gasteiger partial charge in [-0.15, -0.1) is 0 Å². The molecule has 0 bridgehead atoms. The van der Waals surface area contributed by atoms with Gasteiger partial charge in [0.05, 0.1) is 14.2 Å². The van der Waals surface area contributed by atoms with Crippen molar-refractivity contribution < 1.29 is 23.7 Å². The van der Waals surface area contributed by atoms with Crippen molar-refractivity contribution in [3.63, 3.8) is 0 Å². The molecule has 0 saturated heterocycles. The lowest BCUT2D eigenvalue weighted by Gasteiger charge is -2.32. The highest BCUT2D eigenvalue weighted by molar-refractivity contribution is 5.64. The topological polar surface area (TPSA) is 54.4 Å². The Morgan fingerprint density at radius 1 is 0.925 bits per heavy atom. The Kier molecular flexibility index (Phi) is 10.2. The van der Waals surface area contributed by atoms with Gasteiger partial charge < -0.3 is 29.1 Å². The van der Waals surface area contributed by atoms with Crippen LogP contribution in [-0.2, 0) is 19.4 Å². The summed E-state index contributed by atoms with van der Waals surface area (Å²) in [7, 11) is 5.35. The van der Waals surface area contributed by atoms with Crippen LogP contribution in [0.2, 0.25) is 0 Å². The summed E-state index contributed by atoms with van der Waals surface area (Å²) in [6.45, 7) is 7.74. The number of phenolic OH excluding ortho intramolecular Hbond substituents is 1. The molecule has 3 aromatic carbocycles. The zero-order valence-electron chi connectivity index (χ0n) is 24.5. The monoisotopic (exact) mass is 550 g/mol. The van der Waals surface area contributed by atoms with Gasteiger partial charge in [-0.05, 0) is 105 Å². The minimum Gasteiger partial charge on any atom is -0.508 e. The molecule has 1 aliphatic rings. The summed E-state index contributed by atoms with van der Waals surface area (Å²) in [4.78, 5) is 4.44. The molecule has 0 radical (unpaired) electrons. The highest BCUT2D eigenvalue weighted by atomic mass is 19.1. The normalized spacial score (nSPS) is 14.6. The Bertz CT molecular complexity index is 1280. The van der Waals surface area contributed by atoms with Crippen molar-refractivity contribution in [3.05, 3.63) is 76.6 Å². The lowest BCUT2D eigenvalue weighted by Crippen LogP contribution is -2.25. The largest absolute Gasteiger partial charge is 0.508 e. The maximum atomic E-state index is 15.0. The van der Waals surface area contributed by atoms with Crippen molar-refractivity contribution in [1.82, 2.24) is 4.90 Å². The third kappa shape index (κ3) is 7.00. The minimum atomic E-state index is -0.341. The Hall–Kier alpha value is -3.45. The Morgan fingerprint density at radius 3 is 2.40 bits per heavy atom. The van der Waals surface area contributed by atoms with E-state index in [0.717, 1.165) is 56.6 Å². The van der Waals surface area contributed by atoms with E-state index in [1.165, 1.54) is 16.7 Å². The van der Waals surface area contributed by atoms with Gasteiger partial charge in [0, 0.05) is 31.4 Å². The van der Waals surface area contributed by atoms with E-state index in [0.29, 0.717) is 30.4 Å². The highest BCUT2D eigenvalue weighted by Crippen LogP contribution is 2.43. The molecule has 4 rings (SSSR count). The molecule has 7 heteroatoms. The van der Waals surface area contributed by atoms with E-state index in [2.05, 4.69) is 29.7 Å². The van der Waals surface area contributed by atoms with E-state index in [9.17, 15) is 5.11 Å². The second-order valence-electron chi connectivity index (χ2n) is 10.6. The fraction of sp³-hybridized carbons (Fsp3) is 0.455. The molecule has 216 valence electrons. The molecular weight excluding hydrogens is 507 g/mol. The van der Waals surface area contributed by atoms with Crippen LogP contribution in [0.25, 0.3) is 0 Å². The number of anilines is 1. The van der Waals surface area contributed by atoms with E-state index in [1.807, 2.05) is 31.3 Å². The first-order valence-electron chi connectivity index (χ1n) is 14.3. The van der Waals surface area contributed by atoms with Crippen LogP contribution in [0.5, 0.6) is 23.0 Å². The van der Waals surface area contributed by atoms with Crippen LogP contribution in [0.1, 0.15) is 54.9 Å². The maximum Gasteiger partial charge on any atom is 0.165 e. The van der Waals surface area contributed by atoms with Crippen LogP contribution in [0.15, 0.2) is 48.5 Å². The van der Waals surface area contributed by atoms with Crippen molar-refractivity contribution in [1.29, 1.82) is 0 Å². The SMILES string of the molecule is CCCN(C)CCOc1ccc(CN(CC)c2cc(OC)c(OC)cc2C2CCc3cc(O)ccc3C2)cc1F. The number of hydrogen-bond donors (Lipinski definition) is 1. The lowest BCUT2D eigenvalue weighted by atomic mass is 9.79. The molecule has 0 heterocycles. The number of rotatable bonds is 13. The molecule has 0 aliphatic heterocycles. The Morgan fingerprint density at radius 2 is 1.70 bits per heavy atom. The molecule has 0 saturated carbocycles. The summed E-state index contributed by atoms with van der Waals surface area (Å²) in [6.07, 6.45) is 3.82. The number of fused-ring (bicyclic) bond motifs is 1. The lowest BCUT2D eigenvalue weighted by molar-refractivity contribution is 0.231. The van der Waals surface area contributed by atoms with E-state index in [1.54, 1.807) is 32.4 Å². The first-order chi connectivity index (χ1) is 19.4. The number of nitrogens with zero attached hydrogens (tertiary/aromatic N) is 2. The fourth-order valence-corrected chi connectivity index (χ4v) is 5.64. The van der Waals surface area contributed by atoms with Gasteiger partial charge >= 0.3 is 0 Å². The molecule has 0 spiro atoms. The van der Waals surface area contributed by atoms with Crippen molar-refractivity contribution in [2.45, 2.75) is 52.0 Å². The van der Waals surface area contributed by atoms with Gasteiger partial charge in [0.1, 0.15) is 12.4 Å². The van der Waals surface area contributed by atoms with Gasteiger partial charge in [-0.2, -0.15) is 0 Å². The number of hydrogen-bond acceptors (Lipinski definition) is 6. The number of ether oxygens (including phenoxy) is 3. The summed E-state index contributed by atoms with van der Waals surface area (Å²) >= 11 is 0. The van der Waals surface area contributed by atoms with Crippen LogP contribution in [0.3, 0.4) is 0 Å². The van der Waals surface area contributed by atoms with Crippen LogP contribution in [0.4, 0.5) is 10.1 Å². The van der Waals surface area contributed by atoms with Crippen molar-refractivity contribution in [2.75, 3.05) is 52.4 Å². The number of methoxy groups -OCH3 is 2. The van der Waals surface area contributed by atoms with Gasteiger partial charge in [0.15, 0.2) is 23.1 Å². The average Bonchev–Trinajstić information content (AvgIpc) is 2.96. The summed E-state index contributed by atoms with van der Waals surface area (Å²) in [5, 5.41) is 9.93. The third-order valence-corrected chi connectivity index (χ3v) is 7.82. The van der Waals surface area contributed by atoms with Crippen LogP contribution >= 0.6 is 0 Å². The number of aromatic hydroxyl groups is 1. The molecule has 0 amide bonds. The highest BCUT2D eigenvalue weighted by Gasteiger charge is 2.26. The number of aryl methyl sites for hydroxylation is 1. The summed E-state index contributed by atoms with van der Waals surface area (Å²) < 4.78 is 32.1. The van der Waals surface area contributed by atoms with Crippen LogP contribution in [0, 0.1) is 5.82 Å². The van der Waals surface area contributed by atoms with E-state index in [-0.39, 0.29) is 17.5 Å². The zero-order chi connectivity index (χ0) is 28.6. The number of likely N-dealkylation sites (N-methyl/N-ethyl adjacent to an activating group) is 1.